The Morgan fingerprint density at radius 3 is 2.47 bits per heavy atom. The first-order valence-corrected chi connectivity index (χ1v) is 12.8. The molecule has 0 saturated heterocycles. The minimum absolute atomic E-state index is 0.0434. The fraction of sp³-hybridized carbons (Fsp3) is 0.241. The van der Waals surface area contributed by atoms with Crippen LogP contribution in [0.2, 0.25) is 0 Å². The quantitative estimate of drug-likeness (QED) is 0.222. The molecule has 2 heterocycles. The molecule has 1 amide bonds. The van der Waals surface area contributed by atoms with Gasteiger partial charge in [0.1, 0.15) is 17.1 Å². The van der Waals surface area contributed by atoms with Gasteiger partial charge in [-0.05, 0) is 60.0 Å². The molecule has 0 spiro atoms. The zero-order valence-corrected chi connectivity index (χ0v) is 21.4. The number of amides is 1. The molecule has 1 aliphatic rings. The Bertz CT molecular complexity index is 1460. The summed E-state index contributed by atoms with van der Waals surface area (Å²) in [5, 5.41) is 0.403. The van der Waals surface area contributed by atoms with Gasteiger partial charge in [0.05, 0.1) is 23.6 Å². The summed E-state index contributed by atoms with van der Waals surface area (Å²) >= 11 is 3.42. The van der Waals surface area contributed by atoms with Crippen LogP contribution in [0.1, 0.15) is 59.5 Å². The van der Waals surface area contributed by atoms with E-state index < -0.39 is 6.04 Å². The van der Waals surface area contributed by atoms with Crippen molar-refractivity contribution in [3.05, 3.63) is 110 Å². The maximum Gasteiger partial charge on any atom is 0.291 e. The molecule has 4 aromatic rings. The highest BCUT2D eigenvalue weighted by atomic mass is 79.9. The maximum atomic E-state index is 13.7. The van der Waals surface area contributed by atoms with Gasteiger partial charge < -0.3 is 14.1 Å². The first-order valence-electron chi connectivity index (χ1n) is 12.0. The zero-order chi connectivity index (χ0) is 25.2. The van der Waals surface area contributed by atoms with Gasteiger partial charge in [0.15, 0.2) is 5.43 Å². The van der Waals surface area contributed by atoms with Crippen molar-refractivity contribution in [3.63, 3.8) is 0 Å². The summed E-state index contributed by atoms with van der Waals surface area (Å²) in [6.07, 6.45) is 3.21. The SMILES string of the molecule is CCCCCOc1ccc(C2c3c(oc4ccc(Br)cc4c3=O)C(=O)N2Cc2ccc(F)cc2)cc1. The molecule has 0 bridgehead atoms. The fourth-order valence-corrected chi connectivity index (χ4v) is 4.94. The number of ether oxygens (including phenoxy) is 1. The van der Waals surface area contributed by atoms with Gasteiger partial charge >= 0.3 is 0 Å². The van der Waals surface area contributed by atoms with E-state index in [9.17, 15) is 14.0 Å². The third kappa shape index (κ3) is 4.67. The largest absolute Gasteiger partial charge is 0.494 e. The van der Waals surface area contributed by atoms with Crippen molar-refractivity contribution >= 4 is 32.8 Å². The molecule has 184 valence electrons. The van der Waals surface area contributed by atoms with Crippen LogP contribution in [-0.2, 0) is 6.54 Å². The second-order valence-corrected chi connectivity index (χ2v) is 9.82. The van der Waals surface area contributed by atoms with Crippen molar-refractivity contribution in [1.82, 2.24) is 4.90 Å². The number of unbranched alkanes of at least 4 members (excludes halogenated alkanes) is 2. The van der Waals surface area contributed by atoms with Gasteiger partial charge in [0, 0.05) is 11.0 Å². The summed E-state index contributed by atoms with van der Waals surface area (Å²) in [6.45, 7) is 2.98. The highest BCUT2D eigenvalue weighted by Gasteiger charge is 2.42. The van der Waals surface area contributed by atoms with Crippen LogP contribution in [0.4, 0.5) is 4.39 Å². The molecule has 1 aliphatic heterocycles. The summed E-state index contributed by atoms with van der Waals surface area (Å²) in [7, 11) is 0. The molecule has 5 rings (SSSR count). The predicted octanol–water partition coefficient (Wildman–Crippen LogP) is 7.01. The molecule has 0 radical (unpaired) electrons. The number of hydrogen-bond acceptors (Lipinski definition) is 4. The molecule has 1 unspecified atom stereocenters. The second-order valence-electron chi connectivity index (χ2n) is 8.90. The molecule has 0 saturated carbocycles. The highest BCUT2D eigenvalue weighted by Crippen LogP contribution is 2.39. The van der Waals surface area contributed by atoms with Crippen molar-refractivity contribution in [3.8, 4) is 5.75 Å². The average molecular weight is 550 g/mol. The monoisotopic (exact) mass is 549 g/mol. The Balaban J connectivity index is 1.57. The van der Waals surface area contributed by atoms with Crippen LogP contribution in [0.3, 0.4) is 0 Å². The minimum Gasteiger partial charge on any atom is -0.494 e. The number of nitrogens with zero attached hydrogens (tertiary/aromatic N) is 1. The minimum atomic E-state index is -0.647. The number of halogens is 2. The van der Waals surface area contributed by atoms with E-state index in [1.54, 1.807) is 35.2 Å². The topological polar surface area (TPSA) is 59.8 Å². The summed E-state index contributed by atoms with van der Waals surface area (Å²) in [6, 6.07) is 18.0. The van der Waals surface area contributed by atoms with Gasteiger partial charge in [-0.1, -0.05) is 60.0 Å². The Hall–Kier alpha value is -3.45. The van der Waals surface area contributed by atoms with Crippen LogP contribution in [0.25, 0.3) is 11.0 Å². The Morgan fingerprint density at radius 2 is 1.75 bits per heavy atom. The third-order valence-corrected chi connectivity index (χ3v) is 6.90. The number of carbonyl (C=O) groups excluding carboxylic acids is 1. The molecular weight excluding hydrogens is 525 g/mol. The second kappa shape index (κ2) is 10.3. The van der Waals surface area contributed by atoms with Crippen LogP contribution in [0, 0.1) is 5.82 Å². The average Bonchev–Trinajstić information content (AvgIpc) is 3.15. The van der Waals surface area contributed by atoms with Gasteiger partial charge in [-0.15, -0.1) is 0 Å². The molecule has 0 fully saturated rings. The van der Waals surface area contributed by atoms with E-state index in [1.807, 2.05) is 24.3 Å². The van der Waals surface area contributed by atoms with Crippen LogP contribution in [-0.4, -0.2) is 17.4 Å². The van der Waals surface area contributed by atoms with Crippen molar-refractivity contribution in [2.75, 3.05) is 6.61 Å². The lowest BCUT2D eigenvalue weighted by atomic mass is 9.98. The van der Waals surface area contributed by atoms with Crippen LogP contribution >= 0.6 is 15.9 Å². The van der Waals surface area contributed by atoms with Crippen LogP contribution in [0.15, 0.2) is 80.4 Å². The standard InChI is InChI=1S/C29H25BrFNO4/c1-2-3-4-15-35-22-12-7-19(8-13-22)26-25-27(33)23-16-20(30)9-14-24(23)36-28(25)29(34)32(26)17-18-5-10-21(31)11-6-18/h5-14,16,26H,2-4,15,17H2,1H3. The smallest absolute Gasteiger partial charge is 0.291 e. The molecule has 36 heavy (non-hydrogen) atoms. The molecule has 1 aromatic heterocycles. The zero-order valence-electron chi connectivity index (χ0n) is 19.8. The van der Waals surface area contributed by atoms with Gasteiger partial charge in [0.2, 0.25) is 5.76 Å². The number of hydrogen-bond donors (Lipinski definition) is 0. The lowest BCUT2D eigenvalue weighted by Gasteiger charge is -2.25. The predicted molar refractivity (Wildman–Crippen MR) is 140 cm³/mol. The maximum absolute atomic E-state index is 13.7. The fourth-order valence-electron chi connectivity index (χ4n) is 4.58. The van der Waals surface area contributed by atoms with Gasteiger partial charge in [-0.2, -0.15) is 0 Å². The van der Waals surface area contributed by atoms with E-state index in [-0.39, 0.29) is 29.5 Å². The summed E-state index contributed by atoms with van der Waals surface area (Å²) in [4.78, 5) is 28.9. The molecule has 3 aromatic carbocycles. The third-order valence-electron chi connectivity index (χ3n) is 6.41. The van der Waals surface area contributed by atoms with E-state index in [0.29, 0.717) is 23.1 Å². The summed E-state index contributed by atoms with van der Waals surface area (Å²) in [5.74, 6) is 0.0523. The van der Waals surface area contributed by atoms with Crippen LogP contribution in [0.5, 0.6) is 5.75 Å². The lowest BCUT2D eigenvalue weighted by molar-refractivity contribution is 0.0714. The first kappa shape index (κ1) is 24.3. The Labute approximate surface area is 216 Å². The molecular formula is C29H25BrFNO4. The van der Waals surface area contributed by atoms with Gasteiger partial charge in [-0.25, -0.2) is 4.39 Å². The van der Waals surface area contributed by atoms with Gasteiger partial charge in [0.25, 0.3) is 5.91 Å². The van der Waals surface area contributed by atoms with Crippen molar-refractivity contribution in [2.45, 2.75) is 38.8 Å². The molecule has 0 aliphatic carbocycles. The lowest BCUT2D eigenvalue weighted by Crippen LogP contribution is -2.29. The number of rotatable bonds is 8. The van der Waals surface area contributed by atoms with E-state index in [2.05, 4.69) is 22.9 Å². The normalized spacial score (nSPS) is 14.9. The van der Waals surface area contributed by atoms with E-state index in [1.165, 1.54) is 12.1 Å². The van der Waals surface area contributed by atoms with E-state index in [4.69, 9.17) is 9.15 Å². The highest BCUT2D eigenvalue weighted by molar-refractivity contribution is 9.10. The van der Waals surface area contributed by atoms with Gasteiger partial charge in [-0.3, -0.25) is 9.59 Å². The molecule has 5 nitrogen and oxygen atoms in total. The molecule has 1 atom stereocenters. The number of fused-ring (bicyclic) bond motifs is 2. The van der Waals surface area contributed by atoms with Crippen molar-refractivity contribution < 1.29 is 18.3 Å². The Morgan fingerprint density at radius 1 is 1.00 bits per heavy atom. The molecule has 0 N–H and O–H groups in total. The molecule has 7 heteroatoms. The van der Waals surface area contributed by atoms with Crippen molar-refractivity contribution in [2.24, 2.45) is 0 Å². The van der Waals surface area contributed by atoms with E-state index >= 15 is 0 Å². The summed E-state index contributed by atoms with van der Waals surface area (Å²) in [5.41, 5.74) is 1.94. The Kier molecular flexibility index (Phi) is 6.92. The van der Waals surface area contributed by atoms with E-state index in [0.717, 1.165) is 40.6 Å². The van der Waals surface area contributed by atoms with Crippen LogP contribution < -0.4 is 10.2 Å². The number of carbonyl (C=O) groups is 1. The first-order chi connectivity index (χ1) is 17.5. The van der Waals surface area contributed by atoms with Crippen molar-refractivity contribution in [1.29, 1.82) is 0 Å². The number of benzene rings is 3. The summed E-state index contributed by atoms with van der Waals surface area (Å²) < 4.78 is 26.1.